The van der Waals surface area contributed by atoms with E-state index >= 15 is 0 Å². The van der Waals surface area contributed by atoms with Crippen LogP contribution in [-0.2, 0) is 13.0 Å². The Labute approximate surface area is 61.9 Å². The van der Waals surface area contributed by atoms with Crippen LogP contribution in [0.3, 0.4) is 0 Å². The summed E-state index contributed by atoms with van der Waals surface area (Å²) in [6.07, 6.45) is 1.06. The molecule has 1 aromatic rings. The Morgan fingerprint density at radius 1 is 1.50 bits per heavy atom. The second-order valence-electron chi connectivity index (χ2n) is 2.25. The van der Waals surface area contributed by atoms with E-state index in [1.807, 2.05) is 12.1 Å². The first-order valence-electron chi connectivity index (χ1n) is 3.56. The first-order chi connectivity index (χ1) is 4.88. The van der Waals surface area contributed by atoms with E-state index in [-0.39, 0.29) is 0 Å². The molecule has 1 heteroatoms. The molecule has 2 N–H and O–H groups in total. The molecule has 0 fully saturated rings. The van der Waals surface area contributed by atoms with E-state index in [1.54, 1.807) is 0 Å². The number of hydrogen-bond donors (Lipinski definition) is 1. The maximum absolute atomic E-state index is 5.51. The molecule has 1 radical (unpaired) electrons. The molecule has 0 saturated heterocycles. The van der Waals surface area contributed by atoms with Gasteiger partial charge in [-0.25, -0.2) is 0 Å². The molecule has 1 aromatic carbocycles. The highest BCUT2D eigenvalue weighted by atomic mass is 14.5. The zero-order valence-corrected chi connectivity index (χ0v) is 6.22. The van der Waals surface area contributed by atoms with Gasteiger partial charge in [0, 0.05) is 6.54 Å². The second-order valence-corrected chi connectivity index (χ2v) is 2.25. The minimum atomic E-state index is 0.626. The van der Waals surface area contributed by atoms with Gasteiger partial charge in [-0.05, 0) is 29.7 Å². The van der Waals surface area contributed by atoms with E-state index < -0.39 is 0 Å². The van der Waals surface area contributed by atoms with Crippen molar-refractivity contribution in [1.82, 2.24) is 0 Å². The molecule has 0 aliphatic rings. The molecule has 0 aromatic heterocycles. The number of hydrogen-bond acceptors (Lipinski definition) is 1. The van der Waals surface area contributed by atoms with Gasteiger partial charge in [-0.2, -0.15) is 0 Å². The summed E-state index contributed by atoms with van der Waals surface area (Å²) in [6.45, 7) is 2.76. The average Bonchev–Trinajstić information content (AvgIpc) is 2.04. The van der Waals surface area contributed by atoms with Crippen LogP contribution in [0, 0.1) is 6.07 Å². The first kappa shape index (κ1) is 7.29. The molecule has 0 spiro atoms. The normalized spacial score (nSPS) is 9.80. The summed E-state index contributed by atoms with van der Waals surface area (Å²) in [5.41, 5.74) is 8.05. The Morgan fingerprint density at radius 2 is 2.30 bits per heavy atom. The van der Waals surface area contributed by atoms with Gasteiger partial charge in [-0.1, -0.05) is 19.1 Å². The van der Waals surface area contributed by atoms with Gasteiger partial charge in [0.05, 0.1) is 0 Å². The fourth-order valence-electron chi connectivity index (χ4n) is 1.03. The van der Waals surface area contributed by atoms with Crippen LogP contribution in [0.25, 0.3) is 0 Å². The molecule has 0 bridgehead atoms. The molecule has 1 nitrogen and oxygen atoms in total. The lowest BCUT2D eigenvalue weighted by Crippen LogP contribution is -1.99. The van der Waals surface area contributed by atoms with E-state index in [1.165, 1.54) is 11.1 Å². The Morgan fingerprint density at radius 3 is 2.80 bits per heavy atom. The van der Waals surface area contributed by atoms with Crippen molar-refractivity contribution in [2.24, 2.45) is 5.73 Å². The van der Waals surface area contributed by atoms with Crippen molar-refractivity contribution in [2.45, 2.75) is 19.9 Å². The van der Waals surface area contributed by atoms with Crippen molar-refractivity contribution < 1.29 is 0 Å². The molecular formula is C9H12N. The van der Waals surface area contributed by atoms with E-state index in [0.717, 1.165) is 6.42 Å². The molecule has 0 amide bonds. The van der Waals surface area contributed by atoms with Crippen LogP contribution in [-0.4, -0.2) is 0 Å². The van der Waals surface area contributed by atoms with Gasteiger partial charge in [0.2, 0.25) is 0 Å². The Kier molecular flexibility index (Phi) is 2.46. The van der Waals surface area contributed by atoms with Gasteiger partial charge in [0.25, 0.3) is 0 Å². The quantitative estimate of drug-likeness (QED) is 0.651. The molecule has 0 saturated carbocycles. The molecular weight excluding hydrogens is 122 g/mol. The lowest BCUT2D eigenvalue weighted by Gasteiger charge is -2.02. The molecule has 0 atom stereocenters. The van der Waals surface area contributed by atoms with Crippen LogP contribution in [0.4, 0.5) is 0 Å². The minimum absolute atomic E-state index is 0.626. The van der Waals surface area contributed by atoms with Crippen LogP contribution < -0.4 is 5.73 Å². The highest BCUT2D eigenvalue weighted by Gasteiger charge is 1.94. The van der Waals surface area contributed by atoms with Crippen molar-refractivity contribution >= 4 is 0 Å². The predicted octanol–water partition coefficient (Wildman–Crippen LogP) is 1.51. The molecule has 10 heavy (non-hydrogen) atoms. The summed E-state index contributed by atoms with van der Waals surface area (Å²) in [6, 6.07) is 8.96. The monoisotopic (exact) mass is 134 g/mol. The second kappa shape index (κ2) is 3.37. The lowest BCUT2D eigenvalue weighted by atomic mass is 10.1. The van der Waals surface area contributed by atoms with Crippen LogP contribution in [0.5, 0.6) is 0 Å². The van der Waals surface area contributed by atoms with Crippen molar-refractivity contribution in [2.75, 3.05) is 0 Å². The fourth-order valence-corrected chi connectivity index (χ4v) is 1.03. The Bertz CT molecular complexity index is 183. The van der Waals surface area contributed by atoms with Crippen LogP contribution >= 0.6 is 0 Å². The van der Waals surface area contributed by atoms with Gasteiger partial charge in [-0.3, -0.25) is 0 Å². The molecule has 0 aliphatic carbocycles. The molecule has 0 heterocycles. The maximum Gasteiger partial charge on any atom is 0.0181 e. The van der Waals surface area contributed by atoms with E-state index in [9.17, 15) is 0 Å². The largest absolute Gasteiger partial charge is 0.326 e. The number of rotatable bonds is 2. The zero-order chi connectivity index (χ0) is 7.40. The fraction of sp³-hybridized carbons (Fsp3) is 0.333. The SMILES string of the molecule is CCc1cc[c]cc1CN. The van der Waals surface area contributed by atoms with Crippen LogP contribution in [0.15, 0.2) is 18.2 Å². The van der Waals surface area contributed by atoms with Crippen LogP contribution in [0.1, 0.15) is 18.1 Å². The van der Waals surface area contributed by atoms with E-state index in [2.05, 4.69) is 19.1 Å². The number of nitrogens with two attached hydrogens (primary N) is 1. The van der Waals surface area contributed by atoms with Gasteiger partial charge < -0.3 is 5.73 Å². The summed E-state index contributed by atoms with van der Waals surface area (Å²) in [4.78, 5) is 0. The molecule has 0 unspecified atom stereocenters. The topological polar surface area (TPSA) is 26.0 Å². The lowest BCUT2D eigenvalue weighted by molar-refractivity contribution is 1.00. The first-order valence-corrected chi connectivity index (χ1v) is 3.56. The summed E-state index contributed by atoms with van der Waals surface area (Å²) < 4.78 is 0. The average molecular weight is 134 g/mol. The maximum atomic E-state index is 5.51. The third-order valence-electron chi connectivity index (χ3n) is 1.65. The Balaban J connectivity index is 2.96. The molecule has 0 aliphatic heterocycles. The van der Waals surface area contributed by atoms with Crippen LogP contribution in [0.2, 0.25) is 0 Å². The number of aryl methyl sites for hydroxylation is 1. The van der Waals surface area contributed by atoms with Gasteiger partial charge in [0.1, 0.15) is 0 Å². The minimum Gasteiger partial charge on any atom is -0.326 e. The third kappa shape index (κ3) is 1.36. The van der Waals surface area contributed by atoms with Crippen molar-refractivity contribution in [3.63, 3.8) is 0 Å². The van der Waals surface area contributed by atoms with Gasteiger partial charge in [-0.15, -0.1) is 0 Å². The van der Waals surface area contributed by atoms with Gasteiger partial charge >= 0.3 is 0 Å². The Hall–Kier alpha value is -0.820. The van der Waals surface area contributed by atoms with Crippen molar-refractivity contribution in [3.8, 4) is 0 Å². The summed E-state index contributed by atoms with van der Waals surface area (Å²) in [7, 11) is 0. The molecule has 53 valence electrons. The summed E-state index contributed by atoms with van der Waals surface area (Å²) in [5.74, 6) is 0. The highest BCUT2D eigenvalue weighted by molar-refractivity contribution is 5.25. The summed E-state index contributed by atoms with van der Waals surface area (Å²) >= 11 is 0. The molecule has 1 rings (SSSR count). The smallest absolute Gasteiger partial charge is 0.0181 e. The number of benzene rings is 1. The van der Waals surface area contributed by atoms with Crippen molar-refractivity contribution in [1.29, 1.82) is 0 Å². The van der Waals surface area contributed by atoms with E-state index in [4.69, 9.17) is 5.73 Å². The summed E-state index contributed by atoms with van der Waals surface area (Å²) in [5, 5.41) is 0. The van der Waals surface area contributed by atoms with Crippen molar-refractivity contribution in [3.05, 3.63) is 35.4 Å². The standard InChI is InChI=1S/C9H12N/c1-2-8-5-3-4-6-9(8)7-10/h3,5-6H,2,7,10H2,1H3. The zero-order valence-electron chi connectivity index (χ0n) is 6.22. The highest BCUT2D eigenvalue weighted by Crippen LogP contribution is 2.06. The van der Waals surface area contributed by atoms with Gasteiger partial charge in [0.15, 0.2) is 0 Å². The predicted molar refractivity (Wildman–Crippen MR) is 42.5 cm³/mol. The third-order valence-corrected chi connectivity index (χ3v) is 1.65. The van der Waals surface area contributed by atoms with E-state index in [0.29, 0.717) is 6.54 Å².